The Kier molecular flexibility index (Phi) is 9.60. The zero-order valence-electron chi connectivity index (χ0n) is 24.4. The first-order chi connectivity index (χ1) is 20.8. The molecular weight excluding hydrogens is 555 g/mol. The van der Waals surface area contributed by atoms with Crippen LogP contribution in [-0.4, -0.2) is 93.3 Å². The second-order valence-corrected chi connectivity index (χ2v) is 11.1. The van der Waals surface area contributed by atoms with Crippen molar-refractivity contribution in [3.8, 4) is 11.4 Å². The lowest BCUT2D eigenvalue weighted by atomic mass is 9.90. The Labute approximate surface area is 249 Å². The molecule has 2 N–H and O–H groups in total. The van der Waals surface area contributed by atoms with Crippen LogP contribution in [0.2, 0.25) is 0 Å². The van der Waals surface area contributed by atoms with Crippen molar-refractivity contribution in [2.24, 2.45) is 18.9 Å². The molecule has 1 aromatic heterocycles. The van der Waals surface area contributed by atoms with Crippen LogP contribution in [0.3, 0.4) is 0 Å². The molecule has 3 atom stereocenters. The summed E-state index contributed by atoms with van der Waals surface area (Å²) in [6.07, 6.45) is 2.52. The van der Waals surface area contributed by atoms with Gasteiger partial charge in [0.05, 0.1) is 19.1 Å². The highest BCUT2D eigenvalue weighted by atomic mass is 19.1. The van der Waals surface area contributed by atoms with E-state index in [2.05, 4.69) is 26.2 Å². The van der Waals surface area contributed by atoms with Gasteiger partial charge in [0.25, 0.3) is 0 Å². The van der Waals surface area contributed by atoms with E-state index >= 15 is 0 Å². The quantitative estimate of drug-likeness (QED) is 0.411. The monoisotopic (exact) mass is 592 g/mol. The third-order valence-electron chi connectivity index (χ3n) is 8.03. The highest BCUT2D eigenvalue weighted by Crippen LogP contribution is 2.24. The van der Waals surface area contributed by atoms with Gasteiger partial charge in [-0.3, -0.25) is 9.59 Å². The van der Waals surface area contributed by atoms with E-state index in [9.17, 15) is 18.8 Å². The highest BCUT2D eigenvalue weighted by molar-refractivity contribution is 5.97. The molecule has 3 unspecified atom stereocenters. The Morgan fingerprint density at radius 2 is 1.81 bits per heavy atom. The predicted molar refractivity (Wildman–Crippen MR) is 156 cm³/mol. The van der Waals surface area contributed by atoms with Gasteiger partial charge < -0.3 is 25.2 Å². The van der Waals surface area contributed by atoms with Gasteiger partial charge in [-0.15, -0.1) is 5.10 Å². The van der Waals surface area contributed by atoms with Crippen LogP contribution in [0, 0.1) is 17.7 Å². The molecule has 3 heterocycles. The molecule has 0 saturated carbocycles. The number of piperidine rings is 1. The van der Waals surface area contributed by atoms with Crippen LogP contribution in [0.25, 0.3) is 11.4 Å². The van der Waals surface area contributed by atoms with Crippen LogP contribution in [-0.2, 0) is 27.8 Å². The first-order valence-electron chi connectivity index (χ1n) is 14.6. The van der Waals surface area contributed by atoms with Gasteiger partial charge in [-0.1, -0.05) is 31.2 Å². The number of carbonyl (C=O) groups excluding carboxylic acids is 3. The van der Waals surface area contributed by atoms with E-state index in [4.69, 9.17) is 4.74 Å². The second-order valence-electron chi connectivity index (χ2n) is 11.1. The number of aryl methyl sites for hydroxylation is 1. The van der Waals surface area contributed by atoms with Crippen molar-refractivity contribution in [3.05, 3.63) is 59.9 Å². The number of rotatable bonds is 8. The fraction of sp³-hybridized carbons (Fsp3) is 0.467. The molecule has 5 rings (SSSR count). The third-order valence-corrected chi connectivity index (χ3v) is 8.03. The summed E-state index contributed by atoms with van der Waals surface area (Å²) in [6.45, 7) is 4.37. The van der Waals surface area contributed by atoms with E-state index in [0.717, 1.165) is 24.8 Å². The lowest BCUT2D eigenvalue weighted by molar-refractivity contribution is -0.146. The molecule has 0 radical (unpaired) electrons. The third kappa shape index (κ3) is 7.53. The normalized spacial score (nSPS) is 18.5. The summed E-state index contributed by atoms with van der Waals surface area (Å²) in [5.74, 6) is -0.840. The minimum absolute atomic E-state index is 0.188. The van der Waals surface area contributed by atoms with Crippen molar-refractivity contribution >= 4 is 23.5 Å². The lowest BCUT2D eigenvalue weighted by Gasteiger charge is -2.37. The molecule has 228 valence electrons. The van der Waals surface area contributed by atoms with Crippen LogP contribution in [0.5, 0.6) is 0 Å². The molecule has 2 aliphatic heterocycles. The summed E-state index contributed by atoms with van der Waals surface area (Å²) in [7, 11) is 1.72. The van der Waals surface area contributed by atoms with E-state index < -0.39 is 18.0 Å². The summed E-state index contributed by atoms with van der Waals surface area (Å²) in [5, 5.41) is 17.1. The number of urea groups is 1. The standard InChI is InChI=1S/C30H37FN8O4/c1-20(28(40)39-12-4-5-22(19-39)17-21-8-10-24(31)11-9-21)26(29(41)38-13-15-43-16-14-38)33-30(42)32-25-7-3-6-23(18-25)27-34-35-36-37(27)2/h3,6-11,18,20,22,26H,4-5,12-17,19H2,1-2H3,(H2,32,33,42). The van der Waals surface area contributed by atoms with Crippen molar-refractivity contribution in [2.75, 3.05) is 44.7 Å². The molecule has 13 heteroatoms. The van der Waals surface area contributed by atoms with E-state index in [1.165, 1.54) is 16.8 Å². The molecule has 2 fully saturated rings. The van der Waals surface area contributed by atoms with Gasteiger partial charge in [0, 0.05) is 44.5 Å². The van der Waals surface area contributed by atoms with Gasteiger partial charge in [0.15, 0.2) is 5.82 Å². The lowest BCUT2D eigenvalue weighted by Crippen LogP contribution is -2.58. The maximum atomic E-state index is 13.8. The Morgan fingerprint density at radius 3 is 2.53 bits per heavy atom. The molecule has 4 amide bonds. The number of tetrazole rings is 1. The Hall–Kier alpha value is -4.39. The number of ether oxygens (including phenoxy) is 1. The summed E-state index contributed by atoms with van der Waals surface area (Å²) >= 11 is 0. The van der Waals surface area contributed by atoms with Crippen LogP contribution in [0.1, 0.15) is 25.3 Å². The molecule has 43 heavy (non-hydrogen) atoms. The van der Waals surface area contributed by atoms with E-state index in [-0.39, 0.29) is 23.5 Å². The molecule has 12 nitrogen and oxygen atoms in total. The summed E-state index contributed by atoms with van der Waals surface area (Å²) in [5.41, 5.74) is 2.20. The van der Waals surface area contributed by atoms with Gasteiger partial charge in [0.1, 0.15) is 11.9 Å². The van der Waals surface area contributed by atoms with Crippen molar-refractivity contribution < 1.29 is 23.5 Å². The molecule has 2 aliphatic rings. The number of likely N-dealkylation sites (tertiary alicyclic amines) is 1. The van der Waals surface area contributed by atoms with Crippen molar-refractivity contribution in [1.29, 1.82) is 0 Å². The van der Waals surface area contributed by atoms with Gasteiger partial charge in [-0.2, -0.15) is 0 Å². The number of benzene rings is 2. The maximum absolute atomic E-state index is 13.8. The van der Waals surface area contributed by atoms with Gasteiger partial charge >= 0.3 is 6.03 Å². The molecule has 2 aromatic carbocycles. The SMILES string of the molecule is CC(C(=O)N1CCCC(Cc2ccc(F)cc2)C1)C(NC(=O)Nc1cccc(-c2nnnn2C)c1)C(=O)N1CCOCC1. The second kappa shape index (κ2) is 13.7. The van der Waals surface area contributed by atoms with Crippen LogP contribution in [0.4, 0.5) is 14.9 Å². The number of anilines is 1. The number of amides is 4. The number of nitrogens with one attached hydrogen (secondary N) is 2. The summed E-state index contributed by atoms with van der Waals surface area (Å²) in [4.78, 5) is 44.2. The largest absolute Gasteiger partial charge is 0.378 e. The van der Waals surface area contributed by atoms with E-state index in [0.29, 0.717) is 56.5 Å². The Balaban J connectivity index is 1.28. The van der Waals surface area contributed by atoms with E-state index in [1.54, 1.807) is 54.1 Å². The predicted octanol–water partition coefficient (Wildman–Crippen LogP) is 2.48. The highest BCUT2D eigenvalue weighted by Gasteiger charge is 2.38. The van der Waals surface area contributed by atoms with Gasteiger partial charge in [0.2, 0.25) is 11.8 Å². The van der Waals surface area contributed by atoms with Crippen molar-refractivity contribution in [2.45, 2.75) is 32.2 Å². The van der Waals surface area contributed by atoms with Crippen molar-refractivity contribution in [1.82, 2.24) is 35.3 Å². The number of nitrogens with zero attached hydrogens (tertiary/aromatic N) is 6. The van der Waals surface area contributed by atoms with Crippen LogP contribution >= 0.6 is 0 Å². The molecular formula is C30H37FN8O4. The fourth-order valence-corrected chi connectivity index (χ4v) is 5.72. The molecule has 0 aliphatic carbocycles. The average molecular weight is 593 g/mol. The number of halogens is 1. The minimum Gasteiger partial charge on any atom is -0.378 e. The first kappa shape index (κ1) is 30.1. The number of morpholine rings is 1. The smallest absolute Gasteiger partial charge is 0.319 e. The molecule has 3 aromatic rings. The van der Waals surface area contributed by atoms with Crippen molar-refractivity contribution in [3.63, 3.8) is 0 Å². The summed E-state index contributed by atoms with van der Waals surface area (Å²) in [6, 6.07) is 11.8. The average Bonchev–Trinajstić information content (AvgIpc) is 3.46. The van der Waals surface area contributed by atoms with Gasteiger partial charge in [-0.25, -0.2) is 13.9 Å². The molecule has 0 bridgehead atoms. The topological polar surface area (TPSA) is 135 Å². The number of aromatic nitrogens is 4. The number of carbonyl (C=O) groups is 3. The Bertz CT molecular complexity index is 1430. The Morgan fingerprint density at radius 1 is 1.05 bits per heavy atom. The maximum Gasteiger partial charge on any atom is 0.319 e. The first-order valence-corrected chi connectivity index (χ1v) is 14.6. The summed E-state index contributed by atoms with van der Waals surface area (Å²) < 4.78 is 20.3. The van der Waals surface area contributed by atoms with Crippen LogP contribution in [0.15, 0.2) is 48.5 Å². The van der Waals surface area contributed by atoms with Gasteiger partial charge in [-0.05, 0) is 65.4 Å². The zero-order valence-corrected chi connectivity index (χ0v) is 24.4. The molecule has 0 spiro atoms. The van der Waals surface area contributed by atoms with E-state index in [1.807, 2.05) is 6.07 Å². The molecule has 2 saturated heterocycles. The van der Waals surface area contributed by atoms with Crippen LogP contribution < -0.4 is 10.6 Å². The number of hydrogen-bond acceptors (Lipinski definition) is 7. The fourth-order valence-electron chi connectivity index (χ4n) is 5.72. The number of hydrogen-bond donors (Lipinski definition) is 2. The minimum atomic E-state index is -1.07. The zero-order chi connectivity index (χ0) is 30.3.